The summed E-state index contributed by atoms with van der Waals surface area (Å²) in [4.78, 5) is 13.7. The first kappa shape index (κ1) is 9.86. The molecule has 0 radical (unpaired) electrons. The maximum absolute atomic E-state index is 10.9. The summed E-state index contributed by atoms with van der Waals surface area (Å²) < 4.78 is 5.02. The quantitative estimate of drug-likeness (QED) is 0.826. The van der Waals surface area contributed by atoms with Gasteiger partial charge in [-0.25, -0.2) is 4.79 Å². The van der Waals surface area contributed by atoms with Crippen molar-refractivity contribution in [3.05, 3.63) is 28.9 Å². The summed E-state index contributed by atoms with van der Waals surface area (Å²) in [5.41, 5.74) is 0.742. The molecule has 0 aliphatic rings. The number of halogens is 1. The fourth-order valence-electron chi connectivity index (χ4n) is 1.48. The number of carboxylic acids is 1. The van der Waals surface area contributed by atoms with Gasteiger partial charge in [0.2, 0.25) is 0 Å². The molecule has 0 spiro atoms. The van der Waals surface area contributed by atoms with Crippen LogP contribution in [0.2, 0.25) is 5.15 Å². The number of H-pyrrole nitrogens is 1. The molecule has 15 heavy (non-hydrogen) atoms. The predicted octanol–water partition coefficient (Wildman–Crippen LogP) is 2.53. The summed E-state index contributed by atoms with van der Waals surface area (Å²) in [7, 11) is 1.55. The first-order chi connectivity index (χ1) is 7.13. The van der Waals surface area contributed by atoms with Gasteiger partial charge < -0.3 is 14.8 Å². The van der Waals surface area contributed by atoms with Gasteiger partial charge in [0.15, 0.2) is 0 Å². The number of fused-ring (bicyclic) bond motifs is 1. The van der Waals surface area contributed by atoms with Gasteiger partial charge in [0.1, 0.15) is 16.5 Å². The third-order valence-corrected chi connectivity index (χ3v) is 2.46. The highest BCUT2D eigenvalue weighted by Crippen LogP contribution is 2.28. The molecule has 0 amide bonds. The summed E-state index contributed by atoms with van der Waals surface area (Å²) in [6, 6.07) is 5.06. The van der Waals surface area contributed by atoms with Gasteiger partial charge in [-0.1, -0.05) is 11.6 Å². The summed E-state index contributed by atoms with van der Waals surface area (Å²) >= 11 is 5.78. The van der Waals surface area contributed by atoms with Crippen LogP contribution in [-0.4, -0.2) is 23.2 Å². The average molecular weight is 226 g/mol. The van der Waals surface area contributed by atoms with E-state index in [2.05, 4.69) is 4.98 Å². The second-order valence-corrected chi connectivity index (χ2v) is 3.41. The van der Waals surface area contributed by atoms with Crippen molar-refractivity contribution in [2.75, 3.05) is 7.11 Å². The van der Waals surface area contributed by atoms with Crippen LogP contribution in [0, 0.1) is 0 Å². The van der Waals surface area contributed by atoms with Gasteiger partial charge in [0, 0.05) is 11.5 Å². The van der Waals surface area contributed by atoms with Crippen molar-refractivity contribution in [3.63, 3.8) is 0 Å². The molecule has 0 aliphatic carbocycles. The van der Waals surface area contributed by atoms with Crippen LogP contribution in [-0.2, 0) is 0 Å². The van der Waals surface area contributed by atoms with Crippen molar-refractivity contribution >= 4 is 28.5 Å². The van der Waals surface area contributed by atoms with Crippen LogP contribution < -0.4 is 4.74 Å². The van der Waals surface area contributed by atoms with E-state index in [0.29, 0.717) is 16.7 Å². The lowest BCUT2D eigenvalue weighted by molar-refractivity contribution is 0.0699. The SMILES string of the molecule is COc1ccc2c(C(=O)O)c(Cl)[nH]c2c1. The Morgan fingerprint density at radius 2 is 2.27 bits per heavy atom. The molecule has 0 atom stereocenters. The minimum atomic E-state index is -1.04. The van der Waals surface area contributed by atoms with Crippen molar-refractivity contribution in [3.8, 4) is 5.75 Å². The predicted molar refractivity (Wildman–Crippen MR) is 56.8 cm³/mol. The Labute approximate surface area is 90.4 Å². The number of carboxylic acid groups (broad SMARTS) is 1. The van der Waals surface area contributed by atoms with E-state index >= 15 is 0 Å². The number of ether oxygens (including phenoxy) is 1. The lowest BCUT2D eigenvalue weighted by Gasteiger charge is -1.98. The summed E-state index contributed by atoms with van der Waals surface area (Å²) in [6.45, 7) is 0. The molecule has 2 rings (SSSR count). The molecule has 0 saturated heterocycles. The van der Waals surface area contributed by atoms with Gasteiger partial charge in [-0.05, 0) is 12.1 Å². The topological polar surface area (TPSA) is 62.3 Å². The lowest BCUT2D eigenvalue weighted by atomic mass is 10.2. The Morgan fingerprint density at radius 3 is 2.87 bits per heavy atom. The van der Waals surface area contributed by atoms with E-state index in [1.807, 2.05) is 0 Å². The molecule has 0 saturated carbocycles. The second-order valence-electron chi connectivity index (χ2n) is 3.03. The number of aromatic amines is 1. The van der Waals surface area contributed by atoms with Crippen LogP contribution in [0.4, 0.5) is 0 Å². The number of hydrogen-bond donors (Lipinski definition) is 2. The van der Waals surface area contributed by atoms with Gasteiger partial charge in [-0.3, -0.25) is 0 Å². The number of carbonyl (C=O) groups is 1. The largest absolute Gasteiger partial charge is 0.497 e. The first-order valence-corrected chi connectivity index (χ1v) is 4.60. The fraction of sp³-hybridized carbons (Fsp3) is 0.100. The average Bonchev–Trinajstić information content (AvgIpc) is 2.52. The lowest BCUT2D eigenvalue weighted by Crippen LogP contribution is -1.94. The van der Waals surface area contributed by atoms with Crippen molar-refractivity contribution in [2.45, 2.75) is 0 Å². The molecule has 2 aromatic rings. The fourth-order valence-corrected chi connectivity index (χ4v) is 1.76. The van der Waals surface area contributed by atoms with E-state index in [1.165, 1.54) is 0 Å². The summed E-state index contributed by atoms with van der Waals surface area (Å²) in [5, 5.41) is 9.65. The standard InChI is InChI=1S/C10H8ClNO3/c1-15-5-2-3-6-7(4-5)12-9(11)8(6)10(13)14/h2-4,12H,1H3,(H,13,14). The highest BCUT2D eigenvalue weighted by atomic mass is 35.5. The Kier molecular flexibility index (Phi) is 2.28. The van der Waals surface area contributed by atoms with Crippen molar-refractivity contribution in [1.82, 2.24) is 4.98 Å². The maximum atomic E-state index is 10.9. The van der Waals surface area contributed by atoms with E-state index in [-0.39, 0.29) is 10.7 Å². The maximum Gasteiger partial charge on any atom is 0.339 e. The van der Waals surface area contributed by atoms with Crippen molar-refractivity contribution in [2.24, 2.45) is 0 Å². The number of hydrogen-bond acceptors (Lipinski definition) is 2. The molecular formula is C10H8ClNO3. The molecule has 0 fully saturated rings. The van der Waals surface area contributed by atoms with E-state index in [9.17, 15) is 4.79 Å². The van der Waals surface area contributed by atoms with Crippen molar-refractivity contribution < 1.29 is 14.6 Å². The van der Waals surface area contributed by atoms with Crippen molar-refractivity contribution in [1.29, 1.82) is 0 Å². The minimum Gasteiger partial charge on any atom is -0.497 e. The zero-order valence-corrected chi connectivity index (χ0v) is 8.63. The van der Waals surface area contributed by atoms with E-state index in [0.717, 1.165) is 0 Å². The molecule has 0 bridgehead atoms. The molecule has 0 unspecified atom stereocenters. The first-order valence-electron chi connectivity index (χ1n) is 4.22. The van der Waals surface area contributed by atoms with Gasteiger partial charge in [-0.2, -0.15) is 0 Å². The Balaban J connectivity index is 2.74. The Morgan fingerprint density at radius 1 is 1.53 bits per heavy atom. The molecule has 4 nitrogen and oxygen atoms in total. The zero-order chi connectivity index (χ0) is 11.0. The number of aromatic carboxylic acids is 1. The molecule has 1 heterocycles. The number of nitrogens with one attached hydrogen (secondary N) is 1. The van der Waals surface area contributed by atoms with Crippen LogP contribution in [0.1, 0.15) is 10.4 Å². The third kappa shape index (κ3) is 1.53. The molecular weight excluding hydrogens is 218 g/mol. The molecule has 2 N–H and O–H groups in total. The Hall–Kier alpha value is -1.68. The van der Waals surface area contributed by atoms with Crippen LogP contribution in [0.25, 0.3) is 10.9 Å². The van der Waals surface area contributed by atoms with Gasteiger partial charge in [0.05, 0.1) is 12.6 Å². The van der Waals surface area contributed by atoms with Gasteiger partial charge in [0.25, 0.3) is 0 Å². The van der Waals surface area contributed by atoms with Gasteiger partial charge in [-0.15, -0.1) is 0 Å². The number of benzene rings is 1. The van der Waals surface area contributed by atoms with Crippen LogP contribution in [0.3, 0.4) is 0 Å². The van der Waals surface area contributed by atoms with E-state index < -0.39 is 5.97 Å². The second kappa shape index (κ2) is 3.47. The minimum absolute atomic E-state index is 0.0920. The smallest absolute Gasteiger partial charge is 0.339 e. The summed E-state index contributed by atoms with van der Waals surface area (Å²) in [5.74, 6) is -0.395. The van der Waals surface area contributed by atoms with E-state index in [1.54, 1.807) is 25.3 Å². The molecule has 0 aliphatic heterocycles. The molecule has 78 valence electrons. The highest BCUT2D eigenvalue weighted by molar-refractivity contribution is 6.34. The van der Waals surface area contributed by atoms with Crippen LogP contribution in [0.15, 0.2) is 18.2 Å². The summed E-state index contributed by atoms with van der Waals surface area (Å²) in [6.07, 6.45) is 0. The van der Waals surface area contributed by atoms with E-state index in [4.69, 9.17) is 21.4 Å². The van der Waals surface area contributed by atoms with Crippen LogP contribution >= 0.6 is 11.6 Å². The number of aromatic nitrogens is 1. The zero-order valence-electron chi connectivity index (χ0n) is 7.87. The molecule has 1 aromatic carbocycles. The normalized spacial score (nSPS) is 10.5. The number of methoxy groups -OCH3 is 1. The third-order valence-electron chi connectivity index (χ3n) is 2.17. The highest BCUT2D eigenvalue weighted by Gasteiger charge is 2.16. The molecule has 1 aromatic heterocycles. The molecule has 5 heteroatoms. The number of rotatable bonds is 2. The van der Waals surface area contributed by atoms with Crippen LogP contribution in [0.5, 0.6) is 5.75 Å². The van der Waals surface area contributed by atoms with Gasteiger partial charge >= 0.3 is 5.97 Å². The monoisotopic (exact) mass is 225 g/mol. The Bertz CT molecular complexity index is 533.